The Kier molecular flexibility index (Phi) is 7.76. The minimum atomic E-state index is -4.59. The third-order valence-electron chi connectivity index (χ3n) is 4.23. The molecule has 13 heteroatoms. The van der Waals surface area contributed by atoms with Crippen LogP contribution in [0.3, 0.4) is 0 Å². The number of halogens is 4. The van der Waals surface area contributed by atoms with Crippen LogP contribution >= 0.6 is 11.8 Å². The monoisotopic (exact) mass is 485 g/mol. The second-order valence-electron chi connectivity index (χ2n) is 6.57. The molecular weight excluding hydrogens is 466 g/mol. The van der Waals surface area contributed by atoms with E-state index < -0.39 is 23.5 Å². The quantitative estimate of drug-likeness (QED) is 0.207. The zero-order valence-electron chi connectivity index (χ0n) is 17.2. The van der Waals surface area contributed by atoms with Crippen LogP contribution in [0.1, 0.15) is 5.56 Å². The molecule has 0 saturated heterocycles. The lowest BCUT2D eigenvalue weighted by Crippen LogP contribution is -2.18. The molecule has 0 radical (unpaired) electrons. The second kappa shape index (κ2) is 10.5. The van der Waals surface area contributed by atoms with Gasteiger partial charge in [0.05, 0.1) is 23.6 Å². The summed E-state index contributed by atoms with van der Waals surface area (Å²) >= 11 is 0.925. The number of alkyl halides is 3. The van der Waals surface area contributed by atoms with Gasteiger partial charge in [-0.3, -0.25) is 4.79 Å². The second-order valence-corrected chi connectivity index (χ2v) is 7.51. The van der Waals surface area contributed by atoms with Crippen LogP contribution in [0.4, 0.5) is 23.2 Å². The number of hydrogen-bond acceptors (Lipinski definition) is 7. The van der Waals surface area contributed by atoms with E-state index in [0.29, 0.717) is 5.56 Å². The molecule has 0 atom stereocenters. The fraction of sp³-hybridized carbons (Fsp3) is 0.250. The maximum absolute atomic E-state index is 13.1. The van der Waals surface area contributed by atoms with Crippen molar-refractivity contribution in [2.45, 2.75) is 11.3 Å². The van der Waals surface area contributed by atoms with E-state index in [2.05, 4.69) is 15.5 Å². The van der Waals surface area contributed by atoms with Crippen LogP contribution in [0.5, 0.6) is 5.75 Å². The molecule has 3 rings (SSSR count). The third-order valence-corrected chi connectivity index (χ3v) is 5.17. The average Bonchev–Trinajstić information content (AvgIpc) is 3.13. The Labute approximate surface area is 190 Å². The third kappa shape index (κ3) is 6.35. The number of thioether (sulfide) groups is 1. The van der Waals surface area contributed by atoms with E-state index in [-0.39, 0.29) is 41.4 Å². The average molecular weight is 485 g/mol. The number of hydrogen-bond donors (Lipinski definition) is 2. The highest BCUT2D eigenvalue weighted by Gasteiger charge is 2.31. The first kappa shape index (κ1) is 24.3. The highest BCUT2D eigenvalue weighted by atomic mass is 32.2. The number of methoxy groups -OCH3 is 1. The summed E-state index contributed by atoms with van der Waals surface area (Å²) < 4.78 is 63.8. The number of nitrogens with one attached hydrogen (secondary N) is 1. The van der Waals surface area contributed by atoms with Crippen molar-refractivity contribution >= 4 is 23.4 Å². The highest BCUT2D eigenvalue weighted by molar-refractivity contribution is 7.99. The van der Waals surface area contributed by atoms with Crippen molar-refractivity contribution in [3.63, 3.8) is 0 Å². The van der Waals surface area contributed by atoms with Crippen molar-refractivity contribution in [1.29, 1.82) is 0 Å². The molecule has 3 N–H and O–H groups in total. The van der Waals surface area contributed by atoms with Gasteiger partial charge in [0.1, 0.15) is 18.2 Å². The SMILES string of the molecule is COCCOc1ccc(C(F)(F)F)cc1NC(=O)CSc1nnc(-c2ccc(F)cc2)n1N. The molecule has 8 nitrogen and oxygen atoms in total. The van der Waals surface area contributed by atoms with Crippen molar-refractivity contribution < 1.29 is 31.8 Å². The van der Waals surface area contributed by atoms with Crippen LogP contribution in [0.2, 0.25) is 0 Å². The summed E-state index contributed by atoms with van der Waals surface area (Å²) in [4.78, 5) is 12.4. The van der Waals surface area contributed by atoms with Gasteiger partial charge in [-0.1, -0.05) is 11.8 Å². The largest absolute Gasteiger partial charge is 0.489 e. The van der Waals surface area contributed by atoms with Gasteiger partial charge in [0.25, 0.3) is 0 Å². The van der Waals surface area contributed by atoms with Crippen LogP contribution in [-0.4, -0.2) is 46.9 Å². The van der Waals surface area contributed by atoms with Crippen LogP contribution in [-0.2, 0) is 15.7 Å². The molecule has 0 unspecified atom stereocenters. The number of carbonyl (C=O) groups is 1. The Morgan fingerprint density at radius 1 is 1.15 bits per heavy atom. The van der Waals surface area contributed by atoms with Crippen LogP contribution in [0.15, 0.2) is 47.6 Å². The lowest BCUT2D eigenvalue weighted by molar-refractivity contribution is -0.137. The zero-order chi connectivity index (χ0) is 24.0. The Balaban J connectivity index is 1.69. The Morgan fingerprint density at radius 3 is 2.55 bits per heavy atom. The predicted molar refractivity (Wildman–Crippen MR) is 114 cm³/mol. The first-order chi connectivity index (χ1) is 15.7. The molecule has 3 aromatic rings. The molecule has 1 aromatic heterocycles. The molecule has 1 amide bonds. The number of carbonyl (C=O) groups excluding carboxylic acids is 1. The van der Waals surface area contributed by atoms with Gasteiger partial charge in [-0.15, -0.1) is 10.2 Å². The topological polar surface area (TPSA) is 104 Å². The summed E-state index contributed by atoms with van der Waals surface area (Å²) in [6.45, 7) is 0.300. The smallest absolute Gasteiger partial charge is 0.416 e. The fourth-order valence-electron chi connectivity index (χ4n) is 2.65. The summed E-state index contributed by atoms with van der Waals surface area (Å²) in [6, 6.07) is 8.22. The first-order valence-corrected chi connectivity index (χ1v) is 10.4. The number of nitrogens with two attached hydrogens (primary N) is 1. The number of ether oxygens (including phenoxy) is 2. The molecule has 0 aliphatic carbocycles. The minimum Gasteiger partial charge on any atom is -0.489 e. The standard InChI is InChI=1S/C20H19F4N5O3S/c1-31-8-9-32-16-7-4-13(20(22,23)24)10-15(16)26-17(30)11-33-19-28-27-18(29(19)25)12-2-5-14(21)6-3-12/h2-7,10H,8-9,11,25H2,1H3,(H,26,30). The van der Waals surface area contributed by atoms with Gasteiger partial charge >= 0.3 is 6.18 Å². The molecule has 0 saturated carbocycles. The predicted octanol–water partition coefficient (Wildman–Crippen LogP) is 3.57. The lowest BCUT2D eigenvalue weighted by atomic mass is 10.1. The van der Waals surface area contributed by atoms with Gasteiger partial charge in [0.2, 0.25) is 11.1 Å². The molecule has 0 aliphatic heterocycles. The van der Waals surface area contributed by atoms with E-state index in [1.807, 2.05) is 0 Å². The molecule has 0 bridgehead atoms. The fourth-order valence-corrected chi connectivity index (χ4v) is 3.31. The maximum atomic E-state index is 13.1. The number of aromatic nitrogens is 3. The Hall–Kier alpha value is -3.32. The van der Waals surface area contributed by atoms with Gasteiger partial charge < -0.3 is 20.6 Å². The Morgan fingerprint density at radius 2 is 1.88 bits per heavy atom. The highest BCUT2D eigenvalue weighted by Crippen LogP contribution is 2.35. The number of nitrogen functional groups attached to an aromatic ring is 1. The molecule has 33 heavy (non-hydrogen) atoms. The van der Waals surface area contributed by atoms with Crippen molar-refractivity contribution in [1.82, 2.24) is 14.9 Å². The lowest BCUT2D eigenvalue weighted by Gasteiger charge is -2.15. The van der Waals surface area contributed by atoms with Gasteiger partial charge in [-0.05, 0) is 42.5 Å². The van der Waals surface area contributed by atoms with E-state index in [0.717, 1.165) is 34.6 Å². The normalized spacial score (nSPS) is 11.4. The van der Waals surface area contributed by atoms with E-state index in [4.69, 9.17) is 15.3 Å². The van der Waals surface area contributed by atoms with Crippen molar-refractivity contribution in [2.75, 3.05) is 37.2 Å². The van der Waals surface area contributed by atoms with E-state index >= 15 is 0 Å². The van der Waals surface area contributed by atoms with Crippen LogP contribution in [0, 0.1) is 5.82 Å². The van der Waals surface area contributed by atoms with E-state index in [9.17, 15) is 22.4 Å². The number of anilines is 1. The van der Waals surface area contributed by atoms with Gasteiger partial charge in [0, 0.05) is 12.7 Å². The molecule has 0 spiro atoms. The van der Waals surface area contributed by atoms with Crippen LogP contribution in [0.25, 0.3) is 11.4 Å². The summed E-state index contributed by atoms with van der Waals surface area (Å²) in [5.74, 6) is 5.04. The van der Waals surface area contributed by atoms with E-state index in [1.54, 1.807) is 0 Å². The van der Waals surface area contributed by atoms with Gasteiger partial charge in [-0.25, -0.2) is 9.07 Å². The number of rotatable bonds is 9. The summed E-state index contributed by atoms with van der Waals surface area (Å²) in [7, 11) is 1.45. The number of nitrogens with zero attached hydrogens (tertiary/aromatic N) is 3. The molecule has 0 aliphatic rings. The van der Waals surface area contributed by atoms with Gasteiger partial charge in [-0.2, -0.15) is 13.2 Å². The number of benzene rings is 2. The summed E-state index contributed by atoms with van der Waals surface area (Å²) in [5.41, 5.74) is -0.549. The molecule has 0 fully saturated rings. The number of amides is 1. The molecule has 1 heterocycles. The maximum Gasteiger partial charge on any atom is 0.416 e. The van der Waals surface area contributed by atoms with Crippen molar-refractivity contribution in [3.8, 4) is 17.1 Å². The molecule has 2 aromatic carbocycles. The summed E-state index contributed by atoms with van der Waals surface area (Å²) in [6.07, 6.45) is -4.59. The molecular formula is C20H19F4N5O3S. The Bertz CT molecular complexity index is 1110. The zero-order valence-corrected chi connectivity index (χ0v) is 18.0. The van der Waals surface area contributed by atoms with Crippen molar-refractivity contribution in [3.05, 3.63) is 53.8 Å². The molecule has 176 valence electrons. The summed E-state index contributed by atoms with van der Waals surface area (Å²) in [5, 5.41) is 10.4. The first-order valence-electron chi connectivity index (χ1n) is 9.41. The van der Waals surface area contributed by atoms with Crippen molar-refractivity contribution in [2.24, 2.45) is 0 Å². The van der Waals surface area contributed by atoms with E-state index in [1.165, 1.54) is 31.4 Å². The van der Waals surface area contributed by atoms with Gasteiger partial charge in [0.15, 0.2) is 5.82 Å². The minimum absolute atomic E-state index is 0.0685. The van der Waals surface area contributed by atoms with Crippen LogP contribution < -0.4 is 15.9 Å².